The summed E-state index contributed by atoms with van der Waals surface area (Å²) in [5, 5.41) is 0.455. The van der Waals surface area contributed by atoms with Gasteiger partial charge in [-0.05, 0) is 12.8 Å². The molecule has 0 unspecified atom stereocenters. The average molecular weight is 245 g/mol. The average Bonchev–Trinajstić information content (AvgIpc) is 2.24. The molecular formula is C11H17ClN2O2. The van der Waals surface area contributed by atoms with E-state index in [0.29, 0.717) is 30.9 Å². The fraction of sp³-hybridized carbons (Fsp3) is 0.636. The first kappa shape index (κ1) is 13.2. The van der Waals surface area contributed by atoms with E-state index >= 15 is 0 Å². The molecule has 0 aromatic carbocycles. The van der Waals surface area contributed by atoms with Gasteiger partial charge in [-0.2, -0.15) is 0 Å². The van der Waals surface area contributed by atoms with Gasteiger partial charge in [0, 0.05) is 6.61 Å². The lowest BCUT2D eigenvalue weighted by Crippen LogP contribution is -2.10. The van der Waals surface area contributed by atoms with Crippen LogP contribution in [0.3, 0.4) is 0 Å². The molecule has 0 saturated heterocycles. The second kappa shape index (κ2) is 6.66. The van der Waals surface area contributed by atoms with Crippen molar-refractivity contribution in [1.29, 1.82) is 0 Å². The van der Waals surface area contributed by atoms with Gasteiger partial charge in [-0.25, -0.2) is 9.97 Å². The van der Waals surface area contributed by atoms with Crippen molar-refractivity contribution in [2.75, 3.05) is 19.8 Å². The van der Waals surface area contributed by atoms with E-state index in [1.54, 1.807) is 0 Å². The first-order chi connectivity index (χ1) is 7.66. The maximum absolute atomic E-state index is 6.00. The quantitative estimate of drug-likeness (QED) is 0.570. The maximum Gasteiger partial charge on any atom is 0.221 e. The number of hydrogen-bond acceptors (Lipinski definition) is 4. The van der Waals surface area contributed by atoms with Crippen LogP contribution in [-0.2, 0) is 4.74 Å². The molecule has 0 N–H and O–H groups in total. The Morgan fingerprint density at radius 3 is 2.69 bits per heavy atom. The molecule has 0 aliphatic carbocycles. The maximum atomic E-state index is 6.00. The molecule has 1 heterocycles. The van der Waals surface area contributed by atoms with Crippen LogP contribution in [0, 0.1) is 0 Å². The van der Waals surface area contributed by atoms with Gasteiger partial charge in [0.1, 0.15) is 18.1 Å². The topological polar surface area (TPSA) is 44.2 Å². The monoisotopic (exact) mass is 244 g/mol. The molecule has 1 aromatic heterocycles. The highest BCUT2D eigenvalue weighted by molar-refractivity contribution is 6.30. The fourth-order valence-corrected chi connectivity index (χ4v) is 1.64. The van der Waals surface area contributed by atoms with Crippen LogP contribution in [0.1, 0.15) is 32.3 Å². The molecule has 0 saturated carbocycles. The molecule has 1 rings (SSSR count). The van der Waals surface area contributed by atoms with Gasteiger partial charge in [0.05, 0.1) is 12.2 Å². The summed E-state index contributed by atoms with van der Waals surface area (Å²) in [6, 6.07) is 0. The zero-order valence-corrected chi connectivity index (χ0v) is 10.6. The number of aromatic nitrogens is 2. The number of rotatable bonds is 6. The largest absolute Gasteiger partial charge is 0.475 e. The van der Waals surface area contributed by atoms with E-state index in [9.17, 15) is 0 Å². The highest BCUT2D eigenvalue weighted by atomic mass is 35.5. The molecule has 0 spiro atoms. The third-order valence-electron chi connectivity index (χ3n) is 2.05. The molecule has 1 aromatic rings. The van der Waals surface area contributed by atoms with Gasteiger partial charge in [0.2, 0.25) is 5.88 Å². The first-order valence-electron chi connectivity index (χ1n) is 5.37. The summed E-state index contributed by atoms with van der Waals surface area (Å²) in [7, 11) is 0. The second-order valence-electron chi connectivity index (χ2n) is 3.58. The molecule has 16 heavy (non-hydrogen) atoms. The van der Waals surface area contributed by atoms with Crippen LogP contribution in [0.15, 0.2) is 6.33 Å². The van der Waals surface area contributed by atoms with Crippen molar-refractivity contribution in [1.82, 2.24) is 9.97 Å². The summed E-state index contributed by atoms with van der Waals surface area (Å²) in [4.78, 5) is 8.03. The molecule has 0 bridgehead atoms. The van der Waals surface area contributed by atoms with Gasteiger partial charge in [-0.15, -0.1) is 0 Å². The summed E-state index contributed by atoms with van der Waals surface area (Å²) in [6.07, 6.45) is 1.41. The van der Waals surface area contributed by atoms with E-state index in [0.717, 1.165) is 5.56 Å². The zero-order valence-electron chi connectivity index (χ0n) is 9.86. The van der Waals surface area contributed by atoms with Crippen molar-refractivity contribution >= 4 is 11.6 Å². The Balaban J connectivity index is 2.67. The van der Waals surface area contributed by atoms with E-state index in [2.05, 4.69) is 9.97 Å². The van der Waals surface area contributed by atoms with Crippen LogP contribution in [0.25, 0.3) is 0 Å². The Kier molecular flexibility index (Phi) is 5.49. The summed E-state index contributed by atoms with van der Waals surface area (Å²) < 4.78 is 10.7. The van der Waals surface area contributed by atoms with Crippen LogP contribution in [0.5, 0.6) is 5.88 Å². The lowest BCUT2D eigenvalue weighted by atomic mass is 10.1. The Bertz CT molecular complexity index is 332. The van der Waals surface area contributed by atoms with Gasteiger partial charge in [-0.3, -0.25) is 0 Å². The van der Waals surface area contributed by atoms with Gasteiger partial charge in [0.15, 0.2) is 0 Å². The minimum Gasteiger partial charge on any atom is -0.475 e. The van der Waals surface area contributed by atoms with E-state index in [-0.39, 0.29) is 5.92 Å². The van der Waals surface area contributed by atoms with Gasteiger partial charge in [-0.1, -0.05) is 25.4 Å². The van der Waals surface area contributed by atoms with Crippen LogP contribution in [0.2, 0.25) is 5.15 Å². The van der Waals surface area contributed by atoms with Crippen molar-refractivity contribution in [2.24, 2.45) is 0 Å². The Morgan fingerprint density at radius 2 is 2.06 bits per heavy atom. The molecule has 0 aliphatic heterocycles. The summed E-state index contributed by atoms with van der Waals surface area (Å²) in [5.74, 6) is 0.783. The molecule has 0 amide bonds. The molecule has 0 fully saturated rings. The third-order valence-corrected chi connectivity index (χ3v) is 2.35. The van der Waals surface area contributed by atoms with Gasteiger partial charge < -0.3 is 9.47 Å². The number of ether oxygens (including phenoxy) is 2. The van der Waals surface area contributed by atoms with Crippen LogP contribution >= 0.6 is 11.6 Å². The Morgan fingerprint density at radius 1 is 1.31 bits per heavy atom. The summed E-state index contributed by atoms with van der Waals surface area (Å²) in [6.45, 7) is 7.71. The number of halogens is 1. The van der Waals surface area contributed by atoms with Crippen LogP contribution < -0.4 is 4.74 Å². The lowest BCUT2D eigenvalue weighted by molar-refractivity contribution is 0.108. The van der Waals surface area contributed by atoms with Crippen molar-refractivity contribution in [2.45, 2.75) is 26.7 Å². The van der Waals surface area contributed by atoms with Crippen LogP contribution in [-0.4, -0.2) is 29.8 Å². The zero-order chi connectivity index (χ0) is 12.0. The standard InChI is InChI=1S/C11H17ClN2O2/c1-4-15-5-6-16-11-9(8(2)3)10(12)13-7-14-11/h7-8H,4-6H2,1-3H3. The van der Waals surface area contributed by atoms with E-state index < -0.39 is 0 Å². The second-order valence-corrected chi connectivity index (χ2v) is 3.94. The third kappa shape index (κ3) is 3.61. The minimum atomic E-state index is 0.232. The predicted molar refractivity (Wildman–Crippen MR) is 63.1 cm³/mol. The van der Waals surface area contributed by atoms with Gasteiger partial charge in [0.25, 0.3) is 0 Å². The van der Waals surface area contributed by atoms with E-state index in [1.165, 1.54) is 6.33 Å². The molecule has 4 nitrogen and oxygen atoms in total. The molecule has 0 atom stereocenters. The summed E-state index contributed by atoms with van der Waals surface area (Å²) in [5.41, 5.74) is 0.848. The first-order valence-corrected chi connectivity index (χ1v) is 5.75. The summed E-state index contributed by atoms with van der Waals surface area (Å²) >= 11 is 6.00. The van der Waals surface area contributed by atoms with Crippen molar-refractivity contribution < 1.29 is 9.47 Å². The molecule has 5 heteroatoms. The van der Waals surface area contributed by atoms with Crippen LogP contribution in [0.4, 0.5) is 0 Å². The fourth-order valence-electron chi connectivity index (χ4n) is 1.30. The normalized spacial score (nSPS) is 10.8. The van der Waals surface area contributed by atoms with E-state index in [1.807, 2.05) is 20.8 Å². The lowest BCUT2D eigenvalue weighted by Gasteiger charge is -2.13. The van der Waals surface area contributed by atoms with Crippen molar-refractivity contribution in [3.8, 4) is 5.88 Å². The molecular weight excluding hydrogens is 228 g/mol. The van der Waals surface area contributed by atoms with Gasteiger partial charge >= 0.3 is 0 Å². The molecule has 90 valence electrons. The van der Waals surface area contributed by atoms with Crippen molar-refractivity contribution in [3.63, 3.8) is 0 Å². The SMILES string of the molecule is CCOCCOc1ncnc(Cl)c1C(C)C. The Hall–Kier alpha value is -0.870. The number of hydrogen-bond donors (Lipinski definition) is 0. The van der Waals surface area contributed by atoms with E-state index in [4.69, 9.17) is 21.1 Å². The predicted octanol–water partition coefficient (Wildman–Crippen LogP) is 2.67. The highest BCUT2D eigenvalue weighted by Crippen LogP contribution is 2.29. The molecule has 0 aliphatic rings. The number of nitrogens with zero attached hydrogens (tertiary/aromatic N) is 2. The van der Waals surface area contributed by atoms with Crippen molar-refractivity contribution in [3.05, 3.63) is 17.0 Å². The Labute approximate surface area is 101 Å². The smallest absolute Gasteiger partial charge is 0.221 e. The minimum absolute atomic E-state index is 0.232. The molecule has 0 radical (unpaired) electrons. The highest BCUT2D eigenvalue weighted by Gasteiger charge is 2.14.